The van der Waals surface area contributed by atoms with Crippen molar-refractivity contribution in [1.82, 2.24) is 10.6 Å². The number of carbonyl (C=O) groups excluding carboxylic acids is 4. The molecule has 2 aliphatic rings. The second-order valence-electron chi connectivity index (χ2n) is 31.9. The molecule has 1 aliphatic heterocycles. The highest BCUT2D eigenvalue weighted by Gasteiger charge is 2.53. The zero-order valence-corrected chi connectivity index (χ0v) is 81.9. The maximum atomic E-state index is 14.6. The van der Waals surface area contributed by atoms with E-state index < -0.39 is 158 Å². The Morgan fingerprint density at radius 3 is 0.979 bits per heavy atom. The van der Waals surface area contributed by atoms with Gasteiger partial charge >= 0.3 is 27.6 Å². The molecule has 1 aliphatic carbocycles. The Hall–Kier alpha value is -14.1. The van der Waals surface area contributed by atoms with Gasteiger partial charge in [-0.15, -0.1) is 25.7 Å². The lowest BCUT2D eigenvalue weighted by Crippen LogP contribution is -2.66. The third kappa shape index (κ3) is 72.3. The van der Waals surface area contributed by atoms with Crippen LogP contribution in [0.25, 0.3) is 0 Å². The summed E-state index contributed by atoms with van der Waals surface area (Å²) >= 11 is 0. The molecule has 0 aromatic heterocycles. The lowest BCUT2D eigenvalue weighted by molar-refractivity contribution is -0.274. The molecular formula is C117H120N2O21P2. The molecule has 2 amide bonds. The molecule has 0 radical (unpaired) electrons. The normalized spacial score (nSPS) is 16.3. The summed E-state index contributed by atoms with van der Waals surface area (Å²) in [6.07, 6.45) is 31.1. The quantitative estimate of drug-likeness (QED) is 0.0117. The monoisotopic (exact) mass is 1950 g/mol. The standard InChI is InChI=1S/C117H120N2O21P2/c1-5-9-13-17-21-25-29-33-37-41-45-49-52-55-59-63-67-71-75-79-83-87-91-102(121)96-107(123)118-111-105(139-141(129,130)131)95-101(113(127)116(111)138-110(126)97-103(122)92-88-84-80-76-72-68-64-60-56-53-50-46-42-38-34-30-26-22-18-14-10-6-2)100-135-117-112(114(128)115(106(99-120)137-117)140-142(132,133)134)119-108(124)98-104(93-89-85-81-77-73-69-65-61-57-54-51-47-43-39-35-31-27-23-19-15-11-7-3)136-109(125)94-90-86-82-78-74-70-66-62-58-48-44-40-36-32-28-24-20-16-12-8-4/h1-4,101-106,111-117,120-122,127-128H,55-100H2,(H,118,123)(H,119,124)(H2,129,130,131)(H2,132,133,134)/t101?,102-,103-,104-,105+,106?,111?,112?,113-,114-,115-,116-,117-/m1/s1. The molecule has 23 nitrogen and oxygen atoms in total. The molecule has 142 heavy (non-hydrogen) atoms. The van der Waals surface area contributed by atoms with Crippen molar-refractivity contribution in [3.05, 3.63) is 0 Å². The van der Waals surface area contributed by atoms with Crippen LogP contribution in [-0.4, -0.2) is 155 Å². The van der Waals surface area contributed by atoms with Crippen molar-refractivity contribution in [3.63, 3.8) is 0 Å². The minimum atomic E-state index is -5.57. The van der Waals surface area contributed by atoms with Crippen LogP contribution in [0.15, 0.2) is 0 Å². The number of aliphatic hydroxyl groups excluding tert-OH is 5. The van der Waals surface area contributed by atoms with Gasteiger partial charge in [-0.1, -0.05) is 191 Å². The number of unbranched alkanes of at least 4 members (excludes halogenated alkanes) is 32. The van der Waals surface area contributed by atoms with Crippen molar-refractivity contribution in [2.24, 2.45) is 5.92 Å². The Morgan fingerprint density at radius 1 is 0.345 bits per heavy atom. The van der Waals surface area contributed by atoms with Crippen LogP contribution in [0.2, 0.25) is 0 Å². The van der Waals surface area contributed by atoms with Gasteiger partial charge < -0.3 is 74.7 Å². The van der Waals surface area contributed by atoms with Crippen molar-refractivity contribution < 1.29 is 101 Å². The third-order valence-corrected chi connectivity index (χ3v) is 21.7. The van der Waals surface area contributed by atoms with E-state index in [1.807, 2.05) is 0 Å². The predicted molar refractivity (Wildman–Crippen MR) is 544 cm³/mol. The van der Waals surface area contributed by atoms with Crippen LogP contribution in [-0.2, 0) is 56.3 Å². The summed E-state index contributed by atoms with van der Waals surface area (Å²) in [6, 6.07) is -3.60. The lowest BCUT2D eigenvalue weighted by atomic mass is 9.79. The molecule has 0 bridgehead atoms. The van der Waals surface area contributed by atoms with Gasteiger partial charge in [0.15, 0.2) is 12.4 Å². The maximum absolute atomic E-state index is 14.6. The van der Waals surface area contributed by atoms with Crippen molar-refractivity contribution in [3.8, 4) is 322 Å². The van der Waals surface area contributed by atoms with E-state index in [2.05, 4.69) is 307 Å². The molecule has 25 heteroatoms. The summed E-state index contributed by atoms with van der Waals surface area (Å²) in [5.41, 5.74) is 0. The molecule has 1 saturated carbocycles. The summed E-state index contributed by atoms with van der Waals surface area (Å²) in [7, 11) is -11.1. The first-order valence-electron chi connectivity index (χ1n) is 47.4. The van der Waals surface area contributed by atoms with Crippen molar-refractivity contribution in [2.45, 2.75) is 356 Å². The number of esters is 2. The first-order valence-corrected chi connectivity index (χ1v) is 50.4. The summed E-state index contributed by atoms with van der Waals surface area (Å²) in [4.78, 5) is 97.5. The minimum Gasteiger partial charge on any atom is -0.462 e. The Bertz CT molecular complexity index is 5980. The predicted octanol–water partition coefficient (Wildman–Crippen LogP) is 10.3. The smallest absolute Gasteiger partial charge is 0.462 e. The van der Waals surface area contributed by atoms with E-state index in [1.165, 1.54) is 0 Å². The number of terminal acetylenes is 4. The van der Waals surface area contributed by atoms with Crippen LogP contribution in [0.1, 0.15) is 283 Å². The van der Waals surface area contributed by atoms with E-state index in [-0.39, 0.29) is 25.7 Å². The second-order valence-corrected chi connectivity index (χ2v) is 34.3. The van der Waals surface area contributed by atoms with E-state index in [1.54, 1.807) is 0 Å². The van der Waals surface area contributed by atoms with Crippen LogP contribution in [0, 0.1) is 328 Å². The number of hydrogen-bond acceptors (Lipinski definition) is 17. The molecule has 11 N–H and O–H groups in total. The molecule has 734 valence electrons. The summed E-state index contributed by atoms with van der Waals surface area (Å²) in [6.45, 7) is -1.85. The van der Waals surface area contributed by atoms with Crippen molar-refractivity contribution in [2.75, 3.05) is 13.2 Å². The van der Waals surface area contributed by atoms with Gasteiger partial charge in [0.05, 0.1) is 62.9 Å². The first-order chi connectivity index (χ1) is 69.1. The van der Waals surface area contributed by atoms with E-state index >= 15 is 0 Å². The molecule has 1 heterocycles. The zero-order valence-electron chi connectivity index (χ0n) is 80.2. The molecule has 2 fully saturated rings. The average Bonchev–Trinajstić information content (AvgIpc) is 0.781. The lowest BCUT2D eigenvalue weighted by Gasteiger charge is -2.46. The topological polar surface area (TPSA) is 364 Å². The number of nitrogens with one attached hydrogen (secondary N) is 2. The molecule has 0 aromatic rings. The number of carbonyl (C=O) groups is 4. The van der Waals surface area contributed by atoms with Gasteiger partial charge in [0.2, 0.25) is 11.8 Å². The number of hydrogen-bond donors (Lipinski definition) is 11. The SMILES string of the molecule is C#CC#CC#CC#CC#CC#CC#CCCCCCCCCCC[C@@H](O)CC(=O)NC1[C@@H](OP(=O)(O)O)CC(CO[C@@H]2OC(CO)[C@@H](OP(=O)(O)O)[C@H](O)C2NC(=O)C[C@@H](CCCCCCCCCCC#CC#CC#CC#CC#CC#CC#C)OC(=O)CCCCCCCCCCC#CC#CC#CC#CC#CC#C)[C@@H](O)[C@@H]1OC(=O)C[C@H](O)CCCCCCCCCCC#CC#CC#CC#CC#CC#CC#C. The molecule has 0 aromatic carbocycles. The Kier molecular flexibility index (Phi) is 75.2. The van der Waals surface area contributed by atoms with Gasteiger partial charge in [-0.3, -0.25) is 28.2 Å². The number of phosphoric ester groups is 2. The van der Waals surface area contributed by atoms with Crippen molar-refractivity contribution in [1.29, 1.82) is 0 Å². The minimum absolute atomic E-state index is 0.0376. The molecule has 0 spiro atoms. The van der Waals surface area contributed by atoms with Crippen molar-refractivity contribution >= 4 is 39.4 Å². The van der Waals surface area contributed by atoms with E-state index in [0.29, 0.717) is 64.2 Å². The number of amides is 2. The highest BCUT2D eigenvalue weighted by Crippen LogP contribution is 2.45. The van der Waals surface area contributed by atoms with E-state index in [0.717, 1.165) is 167 Å². The number of ether oxygens (including phenoxy) is 4. The highest BCUT2D eigenvalue weighted by atomic mass is 31.2. The molecular weight excluding hydrogens is 1830 g/mol. The van der Waals surface area contributed by atoms with Crippen LogP contribution in [0.3, 0.4) is 0 Å². The molecule has 1 saturated heterocycles. The summed E-state index contributed by atoms with van der Waals surface area (Å²) in [5.74, 6) is 123. The Balaban J connectivity index is 2.39. The number of rotatable bonds is 58. The van der Waals surface area contributed by atoms with Crippen LogP contribution in [0.5, 0.6) is 0 Å². The van der Waals surface area contributed by atoms with Gasteiger partial charge in [-0.05, 0) is 337 Å². The Labute approximate surface area is 843 Å². The van der Waals surface area contributed by atoms with Crippen LogP contribution < -0.4 is 10.6 Å². The average molecular weight is 1950 g/mol. The third-order valence-electron chi connectivity index (χ3n) is 20.6. The van der Waals surface area contributed by atoms with Gasteiger partial charge in [0.1, 0.15) is 30.5 Å². The van der Waals surface area contributed by atoms with Crippen LogP contribution in [0.4, 0.5) is 0 Å². The number of aliphatic hydroxyl groups is 5. The largest absolute Gasteiger partial charge is 0.470 e. The highest BCUT2D eigenvalue weighted by molar-refractivity contribution is 7.46. The molecule has 2 rings (SSSR count). The van der Waals surface area contributed by atoms with Gasteiger partial charge in [-0.25, -0.2) is 9.13 Å². The van der Waals surface area contributed by atoms with Gasteiger partial charge in [0.25, 0.3) is 0 Å². The van der Waals surface area contributed by atoms with E-state index in [9.17, 15) is 73.4 Å². The first kappa shape index (κ1) is 124. The molecule has 13 atom stereocenters. The fourth-order valence-corrected chi connectivity index (χ4v) is 15.1. The van der Waals surface area contributed by atoms with E-state index in [4.69, 9.17) is 53.7 Å². The van der Waals surface area contributed by atoms with Gasteiger partial charge in [0, 0.05) is 38.0 Å². The van der Waals surface area contributed by atoms with Crippen LogP contribution >= 0.6 is 15.6 Å². The summed E-state index contributed by atoms with van der Waals surface area (Å²) < 4.78 is 60.0. The summed E-state index contributed by atoms with van der Waals surface area (Å²) in [5, 5.41) is 62.8. The Morgan fingerprint density at radius 2 is 0.641 bits per heavy atom. The zero-order chi connectivity index (χ0) is 103. The molecule has 4 unspecified atom stereocenters. The fraction of sp³-hybridized carbons (Fsp3) is 0.504. The maximum Gasteiger partial charge on any atom is 0.470 e. The fourth-order valence-electron chi connectivity index (χ4n) is 14.0. The second kappa shape index (κ2) is 86.1. The number of phosphoric acid groups is 2. The van der Waals surface area contributed by atoms with Gasteiger partial charge in [-0.2, -0.15) is 0 Å².